The van der Waals surface area contributed by atoms with Gasteiger partial charge < -0.3 is 9.84 Å². The Balaban J connectivity index is 1.48. The molecule has 1 amide bonds. The predicted molar refractivity (Wildman–Crippen MR) is 110 cm³/mol. The van der Waals surface area contributed by atoms with Crippen LogP contribution in [0.25, 0.3) is 11.3 Å². The van der Waals surface area contributed by atoms with E-state index >= 15 is 0 Å². The molecular formula is C22H21FN6O2. The van der Waals surface area contributed by atoms with E-state index in [2.05, 4.69) is 25.5 Å². The van der Waals surface area contributed by atoms with Crippen molar-refractivity contribution < 1.29 is 13.7 Å². The first-order valence-corrected chi connectivity index (χ1v) is 9.84. The molecule has 3 aromatic heterocycles. The van der Waals surface area contributed by atoms with E-state index < -0.39 is 0 Å². The first-order valence-electron chi connectivity index (χ1n) is 9.84. The van der Waals surface area contributed by atoms with Gasteiger partial charge in [0.15, 0.2) is 5.82 Å². The molecule has 0 saturated carbocycles. The van der Waals surface area contributed by atoms with Crippen molar-refractivity contribution in [2.75, 3.05) is 6.54 Å². The van der Waals surface area contributed by atoms with Crippen LogP contribution in [0, 0.1) is 12.7 Å². The molecule has 0 unspecified atom stereocenters. The summed E-state index contributed by atoms with van der Waals surface area (Å²) in [6.45, 7) is 2.18. The quantitative estimate of drug-likeness (QED) is 0.471. The van der Waals surface area contributed by atoms with Gasteiger partial charge in [-0.15, -0.1) is 0 Å². The molecule has 4 rings (SSSR count). The highest BCUT2D eigenvalue weighted by Gasteiger charge is 2.14. The molecule has 1 aromatic carbocycles. The van der Waals surface area contributed by atoms with E-state index in [1.165, 1.54) is 12.1 Å². The van der Waals surface area contributed by atoms with Gasteiger partial charge in [-0.05, 0) is 42.8 Å². The van der Waals surface area contributed by atoms with E-state index in [-0.39, 0.29) is 18.3 Å². The van der Waals surface area contributed by atoms with Crippen molar-refractivity contribution in [1.29, 1.82) is 0 Å². The summed E-state index contributed by atoms with van der Waals surface area (Å²) in [4.78, 5) is 20.7. The van der Waals surface area contributed by atoms with Gasteiger partial charge in [-0.3, -0.25) is 14.5 Å². The van der Waals surface area contributed by atoms with E-state index in [0.29, 0.717) is 31.1 Å². The number of carbonyl (C=O) groups is 1. The van der Waals surface area contributed by atoms with Crippen LogP contribution in [0.15, 0.2) is 59.4 Å². The Morgan fingerprint density at radius 1 is 1.16 bits per heavy atom. The average Bonchev–Trinajstić information content (AvgIpc) is 3.36. The molecule has 158 valence electrons. The zero-order valence-electron chi connectivity index (χ0n) is 17.0. The van der Waals surface area contributed by atoms with Crippen molar-refractivity contribution in [3.05, 3.63) is 83.6 Å². The molecule has 3 heterocycles. The summed E-state index contributed by atoms with van der Waals surface area (Å²) in [5, 5.41) is 11.2. The lowest BCUT2D eigenvalue weighted by Gasteiger charge is -2.08. The number of hydrogen-bond donors (Lipinski definition) is 1. The second-order valence-electron chi connectivity index (χ2n) is 7.05. The first kappa shape index (κ1) is 20.4. The minimum Gasteiger partial charge on any atom is -0.354 e. The van der Waals surface area contributed by atoms with Gasteiger partial charge in [-0.1, -0.05) is 17.3 Å². The summed E-state index contributed by atoms with van der Waals surface area (Å²) in [6, 6.07) is 12.0. The van der Waals surface area contributed by atoms with E-state index in [0.717, 1.165) is 22.5 Å². The summed E-state index contributed by atoms with van der Waals surface area (Å²) in [5.74, 6) is 0.576. The summed E-state index contributed by atoms with van der Waals surface area (Å²) < 4.78 is 20.0. The van der Waals surface area contributed by atoms with Crippen molar-refractivity contribution in [3.8, 4) is 11.3 Å². The highest BCUT2D eigenvalue weighted by Crippen LogP contribution is 2.20. The zero-order chi connectivity index (χ0) is 21.6. The summed E-state index contributed by atoms with van der Waals surface area (Å²) in [7, 11) is 0. The summed E-state index contributed by atoms with van der Waals surface area (Å²) in [5.41, 5.74) is 3.42. The zero-order valence-corrected chi connectivity index (χ0v) is 17.0. The smallest absolute Gasteiger partial charge is 0.241 e. The lowest BCUT2D eigenvalue weighted by Crippen LogP contribution is -2.30. The third-order valence-electron chi connectivity index (χ3n) is 4.66. The fraction of sp³-hybridized carbons (Fsp3) is 0.227. The molecule has 0 aliphatic heterocycles. The molecule has 0 aliphatic rings. The highest BCUT2D eigenvalue weighted by atomic mass is 19.1. The molecule has 31 heavy (non-hydrogen) atoms. The summed E-state index contributed by atoms with van der Waals surface area (Å²) in [6.07, 6.45) is 4.36. The Bertz CT molecular complexity index is 1150. The molecule has 1 N–H and O–H groups in total. The second-order valence-corrected chi connectivity index (χ2v) is 7.05. The molecule has 0 spiro atoms. The molecule has 8 nitrogen and oxygen atoms in total. The fourth-order valence-corrected chi connectivity index (χ4v) is 3.15. The lowest BCUT2D eigenvalue weighted by atomic mass is 10.1. The Labute approximate surface area is 178 Å². The minimum atomic E-state index is -0.287. The number of amides is 1. The van der Waals surface area contributed by atoms with E-state index in [1.54, 1.807) is 36.1 Å². The van der Waals surface area contributed by atoms with Crippen LogP contribution in [0.5, 0.6) is 0 Å². The topological polar surface area (TPSA) is 98.7 Å². The van der Waals surface area contributed by atoms with Crippen molar-refractivity contribution in [2.45, 2.75) is 26.3 Å². The molecule has 0 fully saturated rings. The van der Waals surface area contributed by atoms with Gasteiger partial charge in [0, 0.05) is 43.0 Å². The third-order valence-corrected chi connectivity index (χ3v) is 4.66. The lowest BCUT2D eigenvalue weighted by molar-refractivity contribution is -0.121. The van der Waals surface area contributed by atoms with Crippen molar-refractivity contribution in [3.63, 3.8) is 0 Å². The maximum atomic E-state index is 13.3. The number of halogens is 1. The number of rotatable bonds is 8. The van der Waals surface area contributed by atoms with Crippen LogP contribution in [-0.2, 0) is 24.2 Å². The van der Waals surface area contributed by atoms with Gasteiger partial charge in [0.05, 0.1) is 5.69 Å². The van der Waals surface area contributed by atoms with E-state index in [4.69, 9.17) is 4.52 Å². The molecule has 9 heteroatoms. The van der Waals surface area contributed by atoms with E-state index in [1.807, 2.05) is 18.2 Å². The Kier molecular flexibility index (Phi) is 6.11. The fourth-order valence-electron chi connectivity index (χ4n) is 3.15. The summed E-state index contributed by atoms with van der Waals surface area (Å²) >= 11 is 0. The van der Waals surface area contributed by atoms with Crippen LogP contribution in [0.4, 0.5) is 4.39 Å². The van der Waals surface area contributed by atoms with Crippen LogP contribution in [0.1, 0.15) is 23.0 Å². The standard InChI is InChI=1S/C22H21FN6O2/c1-15-26-22(31-28-15)8-11-25-21(30)14-29-19(12-16-2-4-18(23)5-3-16)13-20(27-29)17-6-9-24-10-7-17/h2-7,9-10,13H,8,11-12,14H2,1H3,(H,25,30). The maximum Gasteiger partial charge on any atom is 0.241 e. The Morgan fingerprint density at radius 2 is 1.94 bits per heavy atom. The van der Waals surface area contributed by atoms with Crippen LogP contribution >= 0.6 is 0 Å². The number of nitrogens with one attached hydrogen (secondary N) is 1. The van der Waals surface area contributed by atoms with Crippen molar-refractivity contribution in [2.24, 2.45) is 0 Å². The number of pyridine rings is 1. The van der Waals surface area contributed by atoms with E-state index in [9.17, 15) is 9.18 Å². The molecule has 0 bridgehead atoms. The van der Waals surface area contributed by atoms with Gasteiger partial charge in [0.1, 0.15) is 12.4 Å². The maximum absolute atomic E-state index is 13.3. The largest absolute Gasteiger partial charge is 0.354 e. The first-order chi connectivity index (χ1) is 15.1. The number of aryl methyl sites for hydroxylation is 1. The van der Waals surface area contributed by atoms with Gasteiger partial charge in [-0.2, -0.15) is 10.1 Å². The molecule has 0 atom stereocenters. The minimum absolute atomic E-state index is 0.0600. The number of hydrogen-bond acceptors (Lipinski definition) is 6. The van der Waals surface area contributed by atoms with Crippen molar-refractivity contribution in [1.82, 2.24) is 30.2 Å². The third kappa shape index (κ3) is 5.39. The Hall–Kier alpha value is -3.88. The number of carbonyl (C=O) groups excluding carboxylic acids is 1. The van der Waals surface area contributed by atoms with Gasteiger partial charge in [-0.25, -0.2) is 4.39 Å². The van der Waals surface area contributed by atoms with Gasteiger partial charge in [0.2, 0.25) is 11.8 Å². The number of aromatic nitrogens is 5. The second kappa shape index (κ2) is 9.29. The van der Waals surface area contributed by atoms with Crippen LogP contribution < -0.4 is 5.32 Å². The number of benzene rings is 1. The van der Waals surface area contributed by atoms with Gasteiger partial charge >= 0.3 is 0 Å². The molecule has 0 aliphatic carbocycles. The normalized spacial score (nSPS) is 10.9. The van der Waals surface area contributed by atoms with Crippen molar-refractivity contribution >= 4 is 5.91 Å². The molecule has 0 saturated heterocycles. The Morgan fingerprint density at radius 3 is 2.65 bits per heavy atom. The van der Waals surface area contributed by atoms with Gasteiger partial charge in [0.25, 0.3) is 0 Å². The highest BCUT2D eigenvalue weighted by molar-refractivity contribution is 5.75. The predicted octanol–water partition coefficient (Wildman–Crippen LogP) is 2.73. The van der Waals surface area contributed by atoms with Crippen LogP contribution in [-0.4, -0.2) is 37.4 Å². The molecule has 4 aromatic rings. The number of nitrogens with zero attached hydrogens (tertiary/aromatic N) is 5. The SMILES string of the molecule is Cc1noc(CCNC(=O)Cn2nc(-c3ccncc3)cc2Cc2ccc(F)cc2)n1. The van der Waals surface area contributed by atoms with Crippen LogP contribution in [0.2, 0.25) is 0 Å². The monoisotopic (exact) mass is 420 g/mol. The molecular weight excluding hydrogens is 399 g/mol. The molecule has 0 radical (unpaired) electrons. The van der Waals surface area contributed by atoms with Crippen LogP contribution in [0.3, 0.4) is 0 Å². The average molecular weight is 420 g/mol.